The summed E-state index contributed by atoms with van der Waals surface area (Å²) in [5.41, 5.74) is 0. The van der Waals surface area contributed by atoms with E-state index in [0.717, 1.165) is 0 Å². The molecule has 0 bridgehead atoms. The Hall–Kier alpha value is -0.601. The predicted molar refractivity (Wildman–Crippen MR) is 20.0 cm³/mol. The first-order valence-electron chi connectivity index (χ1n) is 2.13. The summed E-state index contributed by atoms with van der Waals surface area (Å²) in [4.78, 5) is 35.7. The molecule has 10 heteroatoms. The monoisotopic (exact) mass is 255 g/mol. The fraction of sp³-hybridized carbons (Fsp3) is 0. The van der Waals surface area contributed by atoms with Crippen LogP contribution >= 0.6 is 0 Å². The van der Waals surface area contributed by atoms with E-state index in [0.29, 0.717) is 0 Å². The number of hydrogen-bond acceptors (Lipinski definition) is 8. The van der Waals surface area contributed by atoms with Crippen LogP contribution in [0.5, 0.6) is 0 Å². The van der Waals surface area contributed by atoms with E-state index in [2.05, 4.69) is 0 Å². The van der Waals surface area contributed by atoms with Crippen LogP contribution in [0.4, 0.5) is 0 Å². The third-order valence-corrected chi connectivity index (χ3v) is 0.333. The Morgan fingerprint density at radius 3 is 0.643 bits per heavy atom. The van der Waals surface area contributed by atoms with E-state index in [1.54, 1.807) is 0 Å². The maximum absolute atomic E-state index is 8.93. The molecule has 73 valence electrons. The minimum Gasteiger partial charge on any atom is -0.543 e. The zero-order chi connectivity index (χ0) is 10.3. The van der Waals surface area contributed by atoms with Crippen molar-refractivity contribution in [3.63, 3.8) is 0 Å². The predicted octanol–water partition coefficient (Wildman–Crippen LogP) is -10.0. The average molecular weight is 255 g/mol. The van der Waals surface area contributed by atoms with Crippen LogP contribution in [0.2, 0.25) is 0 Å². The molecule has 8 nitrogen and oxygen atoms in total. The molecule has 0 rings (SSSR count). The SMILES string of the molecule is O=C([O-])C(=O)[O-].O=C([O-])C(=O)[O-].[Fe+3].[Na+]. The quantitative estimate of drug-likeness (QED) is 0.304. The zero-order valence-corrected chi connectivity index (χ0v) is 9.72. The molecule has 0 amide bonds. The average Bonchev–Trinajstić information content (AvgIpc) is 1.88. The molecule has 0 aromatic carbocycles. The zero-order valence-electron chi connectivity index (χ0n) is 6.62. The summed E-state index contributed by atoms with van der Waals surface area (Å²) >= 11 is 0. The van der Waals surface area contributed by atoms with Gasteiger partial charge in [-0.25, -0.2) is 0 Å². The van der Waals surface area contributed by atoms with Gasteiger partial charge in [-0.3, -0.25) is 0 Å². The second kappa shape index (κ2) is 12.4. The van der Waals surface area contributed by atoms with Gasteiger partial charge in [-0.2, -0.15) is 0 Å². The van der Waals surface area contributed by atoms with Gasteiger partial charge in [0.25, 0.3) is 0 Å². The molecule has 0 aliphatic rings. The molecule has 0 N–H and O–H groups in total. The maximum Gasteiger partial charge on any atom is 3.00 e. The van der Waals surface area contributed by atoms with Crippen LogP contribution in [0.3, 0.4) is 0 Å². The van der Waals surface area contributed by atoms with E-state index in [4.69, 9.17) is 39.6 Å². The van der Waals surface area contributed by atoms with Gasteiger partial charge in [-0.15, -0.1) is 0 Å². The van der Waals surface area contributed by atoms with Gasteiger partial charge < -0.3 is 39.6 Å². The van der Waals surface area contributed by atoms with Crippen molar-refractivity contribution in [2.45, 2.75) is 0 Å². The third-order valence-electron chi connectivity index (χ3n) is 0.333. The summed E-state index contributed by atoms with van der Waals surface area (Å²) in [6, 6.07) is 0. The van der Waals surface area contributed by atoms with E-state index in [9.17, 15) is 0 Å². The summed E-state index contributed by atoms with van der Waals surface area (Å²) in [7, 11) is 0. The fourth-order valence-corrected chi connectivity index (χ4v) is 0. The molecular weight excluding hydrogens is 255 g/mol. The number of carbonyl (C=O) groups excluding carboxylic acids is 4. The van der Waals surface area contributed by atoms with E-state index in [-0.39, 0.29) is 46.6 Å². The summed E-state index contributed by atoms with van der Waals surface area (Å²) in [6.07, 6.45) is 0. The number of carboxylic acid groups (broad SMARTS) is 4. The van der Waals surface area contributed by atoms with Gasteiger partial charge in [0.2, 0.25) is 0 Å². The van der Waals surface area contributed by atoms with E-state index >= 15 is 0 Å². The van der Waals surface area contributed by atoms with Crippen LogP contribution < -0.4 is 50.0 Å². The molecule has 0 aromatic rings. The van der Waals surface area contributed by atoms with Crippen LogP contribution in [-0.2, 0) is 36.2 Å². The molecule has 0 unspecified atom stereocenters. The molecule has 0 spiro atoms. The Labute approximate surface area is 110 Å². The molecule has 0 fully saturated rings. The van der Waals surface area contributed by atoms with Crippen molar-refractivity contribution < 1.29 is 86.2 Å². The Bertz CT molecular complexity index is 177. The van der Waals surface area contributed by atoms with Gasteiger partial charge in [0.1, 0.15) is 0 Å². The van der Waals surface area contributed by atoms with Gasteiger partial charge in [-0.05, 0) is 0 Å². The molecule has 0 saturated carbocycles. The van der Waals surface area contributed by atoms with Crippen LogP contribution in [0.1, 0.15) is 0 Å². The van der Waals surface area contributed by atoms with Crippen molar-refractivity contribution >= 4 is 23.9 Å². The standard InChI is InChI=1S/2C2H2O4.Fe.Na/c2*3-1(4)2(5)6;;/h2*(H,3,4)(H,5,6);;/q;;+3;+1/p-4. The van der Waals surface area contributed by atoms with E-state index < -0.39 is 23.9 Å². The number of rotatable bonds is 0. The second-order valence-electron chi connectivity index (χ2n) is 1.15. The number of hydrogen-bond donors (Lipinski definition) is 0. The molecule has 0 aliphatic heterocycles. The van der Waals surface area contributed by atoms with Crippen LogP contribution in [0.15, 0.2) is 0 Å². The first-order chi connectivity index (χ1) is 5.29. The molecule has 0 saturated heterocycles. The van der Waals surface area contributed by atoms with E-state index in [1.807, 2.05) is 0 Å². The first-order valence-corrected chi connectivity index (χ1v) is 2.13. The molecule has 0 heterocycles. The molecule has 0 aromatic heterocycles. The Morgan fingerprint density at radius 1 is 0.571 bits per heavy atom. The largest absolute Gasteiger partial charge is 3.00 e. The van der Waals surface area contributed by atoms with Crippen molar-refractivity contribution in [3.05, 3.63) is 0 Å². The van der Waals surface area contributed by atoms with Crippen molar-refractivity contribution in [2.75, 3.05) is 0 Å². The topological polar surface area (TPSA) is 161 Å². The number of carboxylic acids is 4. The van der Waals surface area contributed by atoms with Crippen molar-refractivity contribution in [2.24, 2.45) is 0 Å². The van der Waals surface area contributed by atoms with Gasteiger partial charge in [0.15, 0.2) is 0 Å². The van der Waals surface area contributed by atoms with Gasteiger partial charge >= 0.3 is 46.6 Å². The molecule has 0 atom stereocenters. The Balaban J connectivity index is -0.0000000625. The normalized spacial score (nSPS) is 6.29. The summed E-state index contributed by atoms with van der Waals surface area (Å²) in [6.45, 7) is 0. The fourth-order valence-electron chi connectivity index (χ4n) is 0. The Morgan fingerprint density at radius 2 is 0.643 bits per heavy atom. The third kappa shape index (κ3) is 22.5. The summed E-state index contributed by atoms with van der Waals surface area (Å²) in [5.74, 6) is -8.74. The Kier molecular flexibility index (Phi) is 20.7. The number of carbonyl (C=O) groups is 4. The van der Waals surface area contributed by atoms with Crippen LogP contribution in [-0.4, -0.2) is 23.9 Å². The van der Waals surface area contributed by atoms with Gasteiger partial charge in [0.05, 0.1) is 23.9 Å². The van der Waals surface area contributed by atoms with Gasteiger partial charge in [0, 0.05) is 0 Å². The molecule has 14 heavy (non-hydrogen) atoms. The smallest absolute Gasteiger partial charge is 0.543 e. The van der Waals surface area contributed by atoms with Crippen molar-refractivity contribution in [3.8, 4) is 0 Å². The molecule has 0 aliphatic carbocycles. The first kappa shape index (κ1) is 23.3. The second-order valence-corrected chi connectivity index (χ2v) is 1.15. The molecule has 1 radical (unpaired) electrons. The number of aliphatic carboxylic acids is 4. The van der Waals surface area contributed by atoms with Crippen molar-refractivity contribution in [1.82, 2.24) is 0 Å². The molecular formula is C4FeNaO8. The van der Waals surface area contributed by atoms with Crippen molar-refractivity contribution in [1.29, 1.82) is 0 Å². The summed E-state index contributed by atoms with van der Waals surface area (Å²) < 4.78 is 0. The maximum atomic E-state index is 8.93. The van der Waals surface area contributed by atoms with E-state index in [1.165, 1.54) is 0 Å². The minimum atomic E-state index is -2.19. The van der Waals surface area contributed by atoms with Crippen LogP contribution in [0, 0.1) is 0 Å². The van der Waals surface area contributed by atoms with Crippen LogP contribution in [0.25, 0.3) is 0 Å². The minimum absolute atomic E-state index is 0. The summed E-state index contributed by atoms with van der Waals surface area (Å²) in [5, 5.41) is 35.7. The van der Waals surface area contributed by atoms with Gasteiger partial charge in [-0.1, -0.05) is 0 Å².